The Morgan fingerprint density at radius 3 is 2.89 bits per heavy atom. The molecule has 1 aromatic heterocycles. The van der Waals surface area contributed by atoms with E-state index in [1.807, 2.05) is 14.0 Å². The van der Waals surface area contributed by atoms with Crippen LogP contribution in [0, 0.1) is 11.3 Å². The lowest BCUT2D eigenvalue weighted by Gasteiger charge is -2.19. The SMILES string of the molecule is CC(CN(C)Cc1ccn(C2CCCC2)n1)C(=N)N. The quantitative estimate of drug-likeness (QED) is 0.609. The van der Waals surface area contributed by atoms with Gasteiger partial charge >= 0.3 is 0 Å². The zero-order valence-corrected chi connectivity index (χ0v) is 12.0. The second kappa shape index (κ2) is 6.19. The zero-order valence-electron chi connectivity index (χ0n) is 12.0. The van der Waals surface area contributed by atoms with Crippen LogP contribution in [0.5, 0.6) is 0 Å². The molecule has 1 aliphatic rings. The van der Waals surface area contributed by atoms with Crippen LogP contribution in [0.2, 0.25) is 0 Å². The first-order chi connectivity index (χ1) is 9.06. The molecular weight excluding hydrogens is 238 g/mol. The molecule has 1 aromatic rings. The van der Waals surface area contributed by atoms with E-state index in [9.17, 15) is 0 Å². The smallest absolute Gasteiger partial charge is 0.0947 e. The molecule has 5 heteroatoms. The minimum atomic E-state index is 0.0990. The number of hydrogen-bond acceptors (Lipinski definition) is 3. The number of nitrogens with one attached hydrogen (secondary N) is 1. The Morgan fingerprint density at radius 1 is 1.58 bits per heavy atom. The van der Waals surface area contributed by atoms with Gasteiger partial charge in [0.1, 0.15) is 0 Å². The highest BCUT2D eigenvalue weighted by atomic mass is 15.3. The van der Waals surface area contributed by atoms with Crippen LogP contribution < -0.4 is 5.73 Å². The Hall–Kier alpha value is -1.36. The van der Waals surface area contributed by atoms with Crippen LogP contribution in [-0.4, -0.2) is 34.1 Å². The van der Waals surface area contributed by atoms with E-state index in [4.69, 9.17) is 11.1 Å². The van der Waals surface area contributed by atoms with E-state index in [0.29, 0.717) is 6.04 Å². The van der Waals surface area contributed by atoms with Crippen molar-refractivity contribution in [3.05, 3.63) is 18.0 Å². The third kappa shape index (κ3) is 3.80. The van der Waals surface area contributed by atoms with Gasteiger partial charge in [0.2, 0.25) is 0 Å². The van der Waals surface area contributed by atoms with Crippen molar-refractivity contribution in [2.24, 2.45) is 11.7 Å². The molecule has 1 heterocycles. The minimum Gasteiger partial charge on any atom is -0.387 e. The fraction of sp³-hybridized carbons (Fsp3) is 0.714. The number of hydrogen-bond donors (Lipinski definition) is 2. The standard InChI is InChI=1S/C14H25N5/c1-11(14(15)16)9-18(2)10-12-7-8-19(17-12)13-5-3-4-6-13/h7-8,11,13H,3-6,9-10H2,1-2H3,(H3,15,16). The molecule has 1 saturated carbocycles. The van der Waals surface area contributed by atoms with E-state index in [1.165, 1.54) is 25.7 Å². The van der Waals surface area contributed by atoms with Gasteiger partial charge in [-0.2, -0.15) is 5.10 Å². The molecule has 1 atom stereocenters. The summed E-state index contributed by atoms with van der Waals surface area (Å²) >= 11 is 0. The second-order valence-electron chi connectivity index (χ2n) is 5.78. The molecule has 2 rings (SSSR count). The normalized spacial score (nSPS) is 18.1. The highest BCUT2D eigenvalue weighted by Gasteiger charge is 2.18. The first kappa shape index (κ1) is 14.1. The van der Waals surface area contributed by atoms with Crippen molar-refractivity contribution < 1.29 is 0 Å². The summed E-state index contributed by atoms with van der Waals surface area (Å²) in [6.07, 6.45) is 7.29. The third-order valence-electron chi connectivity index (χ3n) is 3.91. The van der Waals surface area contributed by atoms with Crippen molar-refractivity contribution in [3.8, 4) is 0 Å². The van der Waals surface area contributed by atoms with E-state index in [2.05, 4.69) is 26.9 Å². The zero-order chi connectivity index (χ0) is 13.8. The van der Waals surface area contributed by atoms with Crippen LogP contribution in [-0.2, 0) is 6.54 Å². The van der Waals surface area contributed by atoms with Crippen molar-refractivity contribution in [3.63, 3.8) is 0 Å². The number of nitrogens with two attached hydrogens (primary N) is 1. The van der Waals surface area contributed by atoms with Gasteiger partial charge in [0.05, 0.1) is 17.6 Å². The van der Waals surface area contributed by atoms with Crippen LogP contribution in [0.3, 0.4) is 0 Å². The highest BCUT2D eigenvalue weighted by Crippen LogP contribution is 2.28. The predicted molar refractivity (Wildman–Crippen MR) is 77.1 cm³/mol. The van der Waals surface area contributed by atoms with E-state index in [-0.39, 0.29) is 11.8 Å². The Labute approximate surface area is 115 Å². The molecule has 0 saturated heterocycles. The van der Waals surface area contributed by atoms with Gasteiger partial charge in [0.25, 0.3) is 0 Å². The molecule has 0 radical (unpaired) electrons. The lowest BCUT2D eigenvalue weighted by atomic mass is 10.1. The van der Waals surface area contributed by atoms with Gasteiger partial charge in [-0.1, -0.05) is 19.8 Å². The maximum absolute atomic E-state index is 7.42. The van der Waals surface area contributed by atoms with Gasteiger partial charge in [-0.15, -0.1) is 0 Å². The summed E-state index contributed by atoms with van der Waals surface area (Å²) in [5, 5.41) is 12.1. The van der Waals surface area contributed by atoms with Crippen LogP contribution in [0.25, 0.3) is 0 Å². The van der Waals surface area contributed by atoms with E-state index in [1.54, 1.807) is 0 Å². The first-order valence-electron chi connectivity index (χ1n) is 7.12. The fourth-order valence-electron chi connectivity index (χ4n) is 2.74. The van der Waals surface area contributed by atoms with Gasteiger partial charge < -0.3 is 5.73 Å². The molecule has 0 spiro atoms. The second-order valence-corrected chi connectivity index (χ2v) is 5.78. The Kier molecular flexibility index (Phi) is 4.58. The number of aromatic nitrogens is 2. The average molecular weight is 263 g/mol. The average Bonchev–Trinajstić information content (AvgIpc) is 2.97. The molecule has 1 unspecified atom stereocenters. The number of amidine groups is 1. The van der Waals surface area contributed by atoms with Crippen LogP contribution in [0.15, 0.2) is 12.3 Å². The van der Waals surface area contributed by atoms with Crippen LogP contribution in [0.1, 0.15) is 44.3 Å². The molecular formula is C14H25N5. The summed E-state index contributed by atoms with van der Waals surface area (Å²) < 4.78 is 2.13. The van der Waals surface area contributed by atoms with E-state index >= 15 is 0 Å². The Bertz CT molecular complexity index is 419. The summed E-state index contributed by atoms with van der Waals surface area (Å²) in [6, 6.07) is 2.71. The van der Waals surface area contributed by atoms with Crippen LogP contribution >= 0.6 is 0 Å². The van der Waals surface area contributed by atoms with Gasteiger partial charge in [-0.05, 0) is 26.0 Å². The molecule has 1 aliphatic carbocycles. The molecule has 0 aliphatic heterocycles. The molecule has 19 heavy (non-hydrogen) atoms. The molecule has 0 amide bonds. The third-order valence-corrected chi connectivity index (χ3v) is 3.91. The summed E-state index contributed by atoms with van der Waals surface area (Å²) in [5.74, 6) is 0.352. The monoisotopic (exact) mass is 263 g/mol. The molecule has 0 aromatic carbocycles. The van der Waals surface area contributed by atoms with Crippen molar-refractivity contribution in [1.82, 2.24) is 14.7 Å². The molecule has 5 nitrogen and oxygen atoms in total. The molecule has 106 valence electrons. The van der Waals surface area contributed by atoms with Crippen LogP contribution in [0.4, 0.5) is 0 Å². The maximum Gasteiger partial charge on any atom is 0.0947 e. The summed E-state index contributed by atoms with van der Waals surface area (Å²) in [7, 11) is 2.05. The summed E-state index contributed by atoms with van der Waals surface area (Å²) in [6.45, 7) is 3.60. The predicted octanol–water partition coefficient (Wildman–Crippen LogP) is 2.00. The van der Waals surface area contributed by atoms with Crippen molar-refractivity contribution in [1.29, 1.82) is 5.41 Å². The van der Waals surface area contributed by atoms with Gasteiger partial charge in [-0.3, -0.25) is 15.0 Å². The minimum absolute atomic E-state index is 0.0990. The topological polar surface area (TPSA) is 70.9 Å². The van der Waals surface area contributed by atoms with E-state index in [0.717, 1.165) is 18.8 Å². The largest absolute Gasteiger partial charge is 0.387 e. The van der Waals surface area contributed by atoms with Crippen molar-refractivity contribution in [2.75, 3.05) is 13.6 Å². The molecule has 0 bridgehead atoms. The number of nitrogens with zero attached hydrogens (tertiary/aromatic N) is 3. The van der Waals surface area contributed by atoms with Gasteiger partial charge in [0.15, 0.2) is 0 Å². The van der Waals surface area contributed by atoms with E-state index < -0.39 is 0 Å². The van der Waals surface area contributed by atoms with Gasteiger partial charge in [0, 0.05) is 25.2 Å². The lowest BCUT2D eigenvalue weighted by molar-refractivity contribution is 0.300. The summed E-state index contributed by atoms with van der Waals surface area (Å²) in [4.78, 5) is 2.17. The summed E-state index contributed by atoms with van der Waals surface area (Å²) in [5.41, 5.74) is 6.60. The number of rotatable bonds is 6. The van der Waals surface area contributed by atoms with Crippen molar-refractivity contribution in [2.45, 2.75) is 45.2 Å². The Balaban J connectivity index is 1.87. The van der Waals surface area contributed by atoms with Gasteiger partial charge in [-0.25, -0.2) is 0 Å². The highest BCUT2D eigenvalue weighted by molar-refractivity contribution is 5.79. The molecule has 1 fully saturated rings. The Morgan fingerprint density at radius 2 is 2.26 bits per heavy atom. The first-order valence-corrected chi connectivity index (χ1v) is 7.12. The maximum atomic E-state index is 7.42. The molecule has 3 N–H and O–H groups in total. The van der Waals surface area contributed by atoms with Crippen molar-refractivity contribution >= 4 is 5.84 Å². The lowest BCUT2D eigenvalue weighted by Crippen LogP contribution is -2.31. The fourth-order valence-corrected chi connectivity index (χ4v) is 2.74.